The third-order valence-electron chi connectivity index (χ3n) is 6.50. The largest absolute Gasteiger partial charge is 0.439 e. The summed E-state index contributed by atoms with van der Waals surface area (Å²) in [6.07, 6.45) is -1.51. The molecule has 0 radical (unpaired) electrons. The number of nitrogens with one attached hydrogen (secondary N) is 2. The quantitative estimate of drug-likeness (QED) is 0.415. The second-order valence-electron chi connectivity index (χ2n) is 9.24. The van der Waals surface area contributed by atoms with Crippen molar-refractivity contribution in [1.82, 2.24) is 14.9 Å². The Morgan fingerprint density at radius 2 is 1.88 bits per heavy atom. The fourth-order valence-electron chi connectivity index (χ4n) is 4.43. The van der Waals surface area contributed by atoms with Gasteiger partial charge in [-0.15, -0.1) is 0 Å². The molecule has 3 aromatic rings. The van der Waals surface area contributed by atoms with E-state index in [0.29, 0.717) is 43.0 Å². The minimum Gasteiger partial charge on any atom is -0.439 e. The molecule has 3 heterocycles. The van der Waals surface area contributed by atoms with Gasteiger partial charge in [0.2, 0.25) is 11.8 Å². The molecule has 0 spiro atoms. The van der Waals surface area contributed by atoms with E-state index in [0.717, 1.165) is 11.1 Å². The average molecular weight is 573 g/mol. The maximum Gasteiger partial charge on any atom is 0.418 e. The number of carbonyl (C=O) groups is 2. The van der Waals surface area contributed by atoms with Crippen molar-refractivity contribution in [2.75, 3.05) is 43.2 Å². The van der Waals surface area contributed by atoms with Gasteiger partial charge in [-0.05, 0) is 42.5 Å². The van der Waals surface area contributed by atoms with Gasteiger partial charge in [0.1, 0.15) is 18.2 Å². The number of anilines is 2. The predicted molar refractivity (Wildman–Crippen MR) is 144 cm³/mol. The second kappa shape index (κ2) is 11.5. The lowest BCUT2D eigenvalue weighted by atomic mass is 10.1. The molecule has 41 heavy (non-hydrogen) atoms. The van der Waals surface area contributed by atoms with Gasteiger partial charge in [-0.25, -0.2) is 14.9 Å². The molecule has 0 saturated carbocycles. The monoisotopic (exact) mass is 572 g/mol. The Morgan fingerprint density at radius 1 is 1.10 bits per heavy atom. The zero-order valence-electron chi connectivity index (χ0n) is 21.9. The van der Waals surface area contributed by atoms with E-state index in [1.54, 1.807) is 36.1 Å². The number of halogens is 3. The van der Waals surface area contributed by atoms with Crippen LogP contribution in [0.15, 0.2) is 65.6 Å². The number of amides is 2. The molecule has 0 aliphatic carbocycles. The molecule has 0 unspecified atom stereocenters. The Morgan fingerprint density at radius 3 is 2.61 bits per heavy atom. The van der Waals surface area contributed by atoms with E-state index < -0.39 is 17.8 Å². The van der Waals surface area contributed by atoms with Crippen molar-refractivity contribution in [2.45, 2.75) is 19.5 Å². The highest BCUT2D eigenvalue weighted by Gasteiger charge is 2.35. The number of aromatic nitrogens is 1. The first-order valence-corrected chi connectivity index (χ1v) is 12.8. The summed E-state index contributed by atoms with van der Waals surface area (Å²) < 4.78 is 54.0. The standard InChI is InChI=1S/C27H27F3N6O5/c1-2-24(37)33-23-15-25(31-16-36(23)39)41-19-4-6-21-17(13-19)7-8-35(21)26(38)32-18-3-5-22(20(14-18)27(28,29)30)34-9-11-40-12-10-34/h3-8,13-15,39H,2,9-12,16H2,1H3,(H,32,38)(H,33,37). The van der Waals surface area contributed by atoms with Crippen LogP contribution in [0.2, 0.25) is 0 Å². The SMILES string of the molecule is CCC(=O)NC1=CC(Oc2ccc3c(ccn3C(=O)Nc3ccc(N4CCOCC4)c(C(F)(F)F)c3)c2)=NCN1O. The molecule has 5 rings (SSSR count). The fourth-order valence-corrected chi connectivity index (χ4v) is 4.43. The van der Waals surface area contributed by atoms with Crippen LogP contribution < -0.4 is 20.3 Å². The van der Waals surface area contributed by atoms with Crippen LogP contribution in [0.5, 0.6) is 5.75 Å². The number of rotatable bonds is 5. The van der Waals surface area contributed by atoms with Crippen molar-refractivity contribution in [1.29, 1.82) is 0 Å². The van der Waals surface area contributed by atoms with Crippen LogP contribution >= 0.6 is 0 Å². The van der Waals surface area contributed by atoms with Crippen LogP contribution in [-0.4, -0.2) is 65.6 Å². The van der Waals surface area contributed by atoms with Gasteiger partial charge in [-0.3, -0.25) is 14.6 Å². The average Bonchev–Trinajstić information content (AvgIpc) is 3.38. The topological polar surface area (TPSA) is 121 Å². The molecule has 2 aliphatic heterocycles. The number of alkyl halides is 3. The minimum absolute atomic E-state index is 0.00660. The van der Waals surface area contributed by atoms with Gasteiger partial charge in [-0.2, -0.15) is 13.2 Å². The third-order valence-corrected chi connectivity index (χ3v) is 6.50. The summed E-state index contributed by atoms with van der Waals surface area (Å²) in [5.41, 5.74) is -0.291. The van der Waals surface area contributed by atoms with Crippen LogP contribution in [0, 0.1) is 0 Å². The summed E-state index contributed by atoms with van der Waals surface area (Å²) in [5, 5.41) is 16.4. The molecule has 14 heteroatoms. The lowest BCUT2D eigenvalue weighted by molar-refractivity contribution is -0.137. The molecule has 2 amide bonds. The van der Waals surface area contributed by atoms with Gasteiger partial charge in [0.25, 0.3) is 0 Å². The Hall–Kier alpha value is -4.56. The Bertz CT molecular complexity index is 1530. The van der Waals surface area contributed by atoms with E-state index in [9.17, 15) is 28.0 Å². The maximum absolute atomic E-state index is 13.9. The maximum atomic E-state index is 13.9. The van der Waals surface area contributed by atoms with Crippen molar-refractivity contribution in [3.05, 3.63) is 66.1 Å². The lowest BCUT2D eigenvalue weighted by Crippen LogP contribution is -2.37. The summed E-state index contributed by atoms with van der Waals surface area (Å²) in [7, 11) is 0. The zero-order chi connectivity index (χ0) is 29.1. The number of hydroxylamine groups is 2. The predicted octanol–water partition coefficient (Wildman–Crippen LogP) is 4.38. The summed E-state index contributed by atoms with van der Waals surface area (Å²) >= 11 is 0. The number of fused-ring (bicyclic) bond motifs is 1. The molecule has 1 saturated heterocycles. The third kappa shape index (κ3) is 6.28. The first-order chi connectivity index (χ1) is 19.6. The molecule has 1 fully saturated rings. The molecule has 3 N–H and O–H groups in total. The smallest absolute Gasteiger partial charge is 0.418 e. The van der Waals surface area contributed by atoms with Crippen molar-refractivity contribution >= 4 is 40.1 Å². The van der Waals surface area contributed by atoms with Crippen LogP contribution in [-0.2, 0) is 15.7 Å². The summed E-state index contributed by atoms with van der Waals surface area (Å²) in [4.78, 5) is 30.4. The number of ether oxygens (including phenoxy) is 2. The molecule has 2 aromatic carbocycles. The van der Waals surface area contributed by atoms with Crippen molar-refractivity contribution in [2.24, 2.45) is 4.99 Å². The molecule has 216 valence electrons. The number of hydrogen-bond acceptors (Lipinski definition) is 8. The van der Waals surface area contributed by atoms with Gasteiger partial charge >= 0.3 is 12.2 Å². The number of hydrogen-bond donors (Lipinski definition) is 3. The molecular weight excluding hydrogens is 545 g/mol. The highest BCUT2D eigenvalue weighted by molar-refractivity contribution is 5.99. The minimum atomic E-state index is -4.61. The van der Waals surface area contributed by atoms with Crippen LogP contribution in [0.3, 0.4) is 0 Å². The number of benzene rings is 2. The van der Waals surface area contributed by atoms with E-state index in [4.69, 9.17) is 9.47 Å². The molecule has 0 atom stereocenters. The normalized spacial score (nSPS) is 15.8. The van der Waals surface area contributed by atoms with Gasteiger partial charge < -0.3 is 25.0 Å². The van der Waals surface area contributed by atoms with Crippen molar-refractivity contribution < 1.29 is 37.4 Å². The Kier molecular flexibility index (Phi) is 7.85. The highest BCUT2D eigenvalue weighted by Crippen LogP contribution is 2.38. The van der Waals surface area contributed by atoms with Crippen molar-refractivity contribution in [3.63, 3.8) is 0 Å². The Labute approximate surface area is 232 Å². The van der Waals surface area contributed by atoms with E-state index in [2.05, 4.69) is 15.6 Å². The van der Waals surface area contributed by atoms with Crippen LogP contribution in [0.25, 0.3) is 10.9 Å². The van der Waals surface area contributed by atoms with Gasteiger partial charge in [0.15, 0.2) is 0 Å². The molecule has 0 bridgehead atoms. The summed E-state index contributed by atoms with van der Waals surface area (Å²) in [6.45, 7) is 2.90. The fraction of sp³-hybridized carbons (Fsp3) is 0.296. The van der Waals surface area contributed by atoms with Crippen molar-refractivity contribution in [3.8, 4) is 5.75 Å². The van der Waals surface area contributed by atoms with E-state index >= 15 is 0 Å². The van der Waals surface area contributed by atoms with Gasteiger partial charge in [-0.1, -0.05) is 6.92 Å². The summed E-state index contributed by atoms with van der Waals surface area (Å²) in [6, 6.07) is 9.63. The first-order valence-electron chi connectivity index (χ1n) is 12.8. The van der Waals surface area contributed by atoms with Gasteiger partial charge in [0.05, 0.1) is 24.3 Å². The van der Waals surface area contributed by atoms with E-state index in [1.807, 2.05) is 0 Å². The van der Waals surface area contributed by atoms with E-state index in [-0.39, 0.29) is 42.1 Å². The van der Waals surface area contributed by atoms with E-state index in [1.165, 1.54) is 29.0 Å². The Balaban J connectivity index is 1.32. The zero-order valence-corrected chi connectivity index (χ0v) is 21.9. The lowest BCUT2D eigenvalue weighted by Gasteiger charge is -2.31. The van der Waals surface area contributed by atoms with Crippen LogP contribution in [0.1, 0.15) is 18.9 Å². The molecular formula is C27H27F3N6O5. The number of morpholine rings is 1. The highest BCUT2D eigenvalue weighted by atomic mass is 19.4. The van der Waals surface area contributed by atoms with Gasteiger partial charge in [0, 0.05) is 48.5 Å². The molecule has 2 aliphatic rings. The summed E-state index contributed by atoms with van der Waals surface area (Å²) in [5.74, 6) is 0.364. The molecule has 1 aromatic heterocycles. The number of aliphatic imine (C=N–C) groups is 1. The number of nitrogens with zero attached hydrogens (tertiary/aromatic N) is 4. The first kappa shape index (κ1) is 28.0. The molecule has 11 nitrogen and oxygen atoms in total. The van der Waals surface area contributed by atoms with Crippen LogP contribution in [0.4, 0.5) is 29.3 Å². The number of carbonyl (C=O) groups excluding carboxylic acids is 2. The second-order valence-corrected chi connectivity index (χ2v) is 9.24.